The topological polar surface area (TPSA) is 75.4 Å². The van der Waals surface area contributed by atoms with Crippen LogP contribution < -0.4 is 5.32 Å². The molecule has 0 fully saturated rings. The zero-order valence-corrected chi connectivity index (χ0v) is 13.3. The second-order valence-corrected chi connectivity index (χ2v) is 5.46. The van der Waals surface area contributed by atoms with Crippen molar-refractivity contribution in [2.45, 2.75) is 13.0 Å². The van der Waals surface area contributed by atoms with Crippen LogP contribution in [-0.4, -0.2) is 50.5 Å². The minimum atomic E-state index is -0.386. The van der Waals surface area contributed by atoms with Gasteiger partial charge in [0.15, 0.2) is 0 Å². The Morgan fingerprint density at radius 2 is 2.00 bits per heavy atom. The normalized spacial score (nSPS) is 12.1. The van der Waals surface area contributed by atoms with E-state index in [0.29, 0.717) is 11.6 Å². The Morgan fingerprint density at radius 1 is 1.26 bits per heavy atom. The third-order valence-electron chi connectivity index (χ3n) is 3.50. The summed E-state index contributed by atoms with van der Waals surface area (Å²) in [6, 6.07) is 11.3. The lowest BCUT2D eigenvalue weighted by Crippen LogP contribution is -2.37. The van der Waals surface area contributed by atoms with Gasteiger partial charge in [-0.2, -0.15) is 14.6 Å². The third-order valence-corrected chi connectivity index (χ3v) is 3.50. The van der Waals surface area contributed by atoms with Gasteiger partial charge in [0, 0.05) is 25.7 Å². The highest BCUT2D eigenvalue weighted by Gasteiger charge is 2.17. The quantitative estimate of drug-likeness (QED) is 0.793. The van der Waals surface area contributed by atoms with Crippen molar-refractivity contribution in [3.8, 4) is 11.3 Å². The number of carbonyl (C=O) groups excluding carboxylic acids is 1. The van der Waals surface area contributed by atoms with Gasteiger partial charge in [-0.25, -0.2) is 4.98 Å². The summed E-state index contributed by atoms with van der Waals surface area (Å²) >= 11 is 0. The van der Waals surface area contributed by atoms with Crippen LogP contribution in [0.1, 0.15) is 6.92 Å². The van der Waals surface area contributed by atoms with Crippen LogP contribution in [0.25, 0.3) is 17.0 Å². The molecule has 0 aliphatic heterocycles. The van der Waals surface area contributed by atoms with Crippen LogP contribution in [0, 0.1) is 0 Å². The van der Waals surface area contributed by atoms with Gasteiger partial charge in [0.05, 0.1) is 5.69 Å². The van der Waals surface area contributed by atoms with E-state index in [-0.39, 0.29) is 11.9 Å². The van der Waals surface area contributed by atoms with Gasteiger partial charge >= 0.3 is 0 Å². The lowest BCUT2D eigenvalue weighted by atomic mass is 10.1. The molecule has 0 spiro atoms. The molecule has 7 heteroatoms. The van der Waals surface area contributed by atoms with Crippen LogP contribution in [0.3, 0.4) is 0 Å². The molecular weight excluding hydrogens is 292 g/mol. The highest BCUT2D eigenvalue weighted by molar-refractivity contribution is 5.83. The maximum Gasteiger partial charge on any atom is 0.254 e. The fourth-order valence-corrected chi connectivity index (χ4v) is 2.34. The number of likely N-dealkylation sites (N-methyl/N-ethyl adjacent to an activating group) is 1. The van der Waals surface area contributed by atoms with E-state index in [0.717, 1.165) is 11.3 Å². The van der Waals surface area contributed by atoms with E-state index in [4.69, 9.17) is 0 Å². The number of carbonyl (C=O) groups is 1. The molecule has 0 aliphatic rings. The minimum absolute atomic E-state index is 0.0173. The van der Waals surface area contributed by atoms with E-state index < -0.39 is 0 Å². The number of anilines is 1. The Kier molecular flexibility index (Phi) is 3.92. The zero-order chi connectivity index (χ0) is 16.4. The van der Waals surface area contributed by atoms with E-state index in [1.807, 2.05) is 43.3 Å². The van der Waals surface area contributed by atoms with Gasteiger partial charge in [-0.3, -0.25) is 4.79 Å². The van der Waals surface area contributed by atoms with Crippen LogP contribution in [0.4, 0.5) is 5.82 Å². The maximum absolute atomic E-state index is 12.1. The van der Waals surface area contributed by atoms with Gasteiger partial charge in [-0.1, -0.05) is 30.3 Å². The molecule has 0 saturated carbocycles. The largest absolute Gasteiger partial charge is 0.358 e. The number of nitrogens with zero attached hydrogens (tertiary/aromatic N) is 5. The van der Waals surface area contributed by atoms with Crippen molar-refractivity contribution in [1.82, 2.24) is 24.5 Å². The molecule has 1 atom stereocenters. The van der Waals surface area contributed by atoms with Crippen molar-refractivity contribution < 1.29 is 4.79 Å². The van der Waals surface area contributed by atoms with Crippen molar-refractivity contribution in [1.29, 1.82) is 0 Å². The first-order valence-electron chi connectivity index (χ1n) is 7.30. The highest BCUT2D eigenvalue weighted by atomic mass is 16.2. The molecule has 1 aromatic carbocycles. The highest BCUT2D eigenvalue weighted by Crippen LogP contribution is 2.21. The molecule has 0 bridgehead atoms. The molecule has 3 rings (SSSR count). The molecule has 3 aromatic rings. The molecule has 2 aromatic heterocycles. The average Bonchev–Trinajstić information content (AvgIpc) is 3.03. The van der Waals surface area contributed by atoms with Crippen LogP contribution >= 0.6 is 0 Å². The number of hydrogen-bond donors (Lipinski definition) is 1. The van der Waals surface area contributed by atoms with Crippen LogP contribution in [0.2, 0.25) is 0 Å². The summed E-state index contributed by atoms with van der Waals surface area (Å²) < 4.78 is 1.59. The number of benzene rings is 1. The van der Waals surface area contributed by atoms with Crippen LogP contribution in [0.15, 0.2) is 42.7 Å². The summed E-state index contributed by atoms with van der Waals surface area (Å²) in [6.45, 7) is 1.81. The van der Waals surface area contributed by atoms with Crippen molar-refractivity contribution >= 4 is 17.5 Å². The number of amides is 1. The van der Waals surface area contributed by atoms with Crippen molar-refractivity contribution in [2.75, 3.05) is 19.4 Å². The fourth-order valence-electron chi connectivity index (χ4n) is 2.34. The van der Waals surface area contributed by atoms with Crippen molar-refractivity contribution in [3.05, 3.63) is 42.7 Å². The molecule has 0 aliphatic carbocycles. The average molecular weight is 310 g/mol. The first kappa shape index (κ1) is 15.0. The molecule has 2 heterocycles. The summed E-state index contributed by atoms with van der Waals surface area (Å²) in [7, 11) is 3.46. The number of nitrogens with one attached hydrogen (secondary N) is 1. The van der Waals surface area contributed by atoms with Gasteiger partial charge in [0.25, 0.3) is 5.78 Å². The summed E-state index contributed by atoms with van der Waals surface area (Å²) in [5.74, 6) is 1.14. The molecule has 118 valence electrons. The molecule has 0 saturated heterocycles. The van der Waals surface area contributed by atoms with E-state index in [2.05, 4.69) is 20.4 Å². The fraction of sp³-hybridized carbons (Fsp3) is 0.250. The Bertz CT molecular complexity index is 827. The SMILES string of the molecule is C[C@H](Nc1cc(-c2ccccc2)nc2ncnn12)C(=O)N(C)C. The first-order valence-corrected chi connectivity index (χ1v) is 7.30. The maximum atomic E-state index is 12.1. The molecule has 0 unspecified atom stereocenters. The lowest BCUT2D eigenvalue weighted by Gasteiger charge is -2.19. The summed E-state index contributed by atoms with van der Waals surface area (Å²) in [4.78, 5) is 22.3. The Hall–Kier alpha value is -2.96. The Balaban J connectivity index is 2.02. The van der Waals surface area contributed by atoms with E-state index in [1.54, 1.807) is 23.5 Å². The van der Waals surface area contributed by atoms with Crippen molar-refractivity contribution in [3.63, 3.8) is 0 Å². The minimum Gasteiger partial charge on any atom is -0.358 e. The number of aromatic nitrogens is 4. The standard InChI is InChI=1S/C16H18N6O/c1-11(15(23)21(2)3)19-14-9-13(12-7-5-4-6-8-12)20-16-17-10-18-22(14)16/h4-11,19H,1-3H3/t11-/m0/s1. The monoisotopic (exact) mass is 310 g/mol. The van der Waals surface area contributed by atoms with E-state index in [1.165, 1.54) is 6.33 Å². The number of fused-ring (bicyclic) bond motifs is 1. The zero-order valence-electron chi connectivity index (χ0n) is 13.3. The molecule has 0 radical (unpaired) electrons. The Labute approximate surface area is 134 Å². The lowest BCUT2D eigenvalue weighted by molar-refractivity contribution is -0.129. The predicted octanol–water partition coefficient (Wildman–Crippen LogP) is 1.68. The van der Waals surface area contributed by atoms with Crippen LogP contribution in [-0.2, 0) is 4.79 Å². The molecule has 23 heavy (non-hydrogen) atoms. The Morgan fingerprint density at radius 3 is 2.70 bits per heavy atom. The van der Waals surface area contributed by atoms with Gasteiger partial charge in [0.1, 0.15) is 18.2 Å². The number of hydrogen-bond acceptors (Lipinski definition) is 5. The van der Waals surface area contributed by atoms with Gasteiger partial charge in [-0.15, -0.1) is 0 Å². The van der Waals surface area contributed by atoms with E-state index in [9.17, 15) is 4.79 Å². The number of rotatable bonds is 4. The summed E-state index contributed by atoms with van der Waals surface area (Å²) in [5.41, 5.74) is 1.76. The molecule has 1 N–H and O–H groups in total. The smallest absolute Gasteiger partial charge is 0.254 e. The van der Waals surface area contributed by atoms with E-state index >= 15 is 0 Å². The van der Waals surface area contributed by atoms with Crippen LogP contribution in [0.5, 0.6) is 0 Å². The first-order chi connectivity index (χ1) is 11.1. The third kappa shape index (κ3) is 2.98. The van der Waals surface area contributed by atoms with Gasteiger partial charge in [-0.05, 0) is 6.92 Å². The van der Waals surface area contributed by atoms with Gasteiger partial charge < -0.3 is 10.2 Å². The summed E-state index contributed by atoms with van der Waals surface area (Å²) in [5, 5.41) is 7.36. The summed E-state index contributed by atoms with van der Waals surface area (Å²) in [6.07, 6.45) is 1.45. The molecule has 1 amide bonds. The molecule has 7 nitrogen and oxygen atoms in total. The molecular formula is C16H18N6O. The van der Waals surface area contributed by atoms with Crippen molar-refractivity contribution in [2.24, 2.45) is 0 Å². The van der Waals surface area contributed by atoms with Gasteiger partial charge in [0.2, 0.25) is 5.91 Å². The predicted molar refractivity (Wildman–Crippen MR) is 88.0 cm³/mol. The second kappa shape index (κ2) is 6.04. The second-order valence-electron chi connectivity index (χ2n) is 5.46.